The van der Waals surface area contributed by atoms with Crippen LogP contribution in [0.15, 0.2) is 47.4 Å². The van der Waals surface area contributed by atoms with Crippen LogP contribution in [-0.2, 0) is 14.8 Å². The average molecular weight is 418 g/mol. The molecule has 2 aliphatic rings. The molecule has 0 bridgehead atoms. The van der Waals surface area contributed by atoms with E-state index in [1.165, 1.54) is 12.1 Å². The van der Waals surface area contributed by atoms with Crippen LogP contribution in [0.5, 0.6) is 11.5 Å². The van der Waals surface area contributed by atoms with E-state index in [1.807, 2.05) is 0 Å². The highest BCUT2D eigenvalue weighted by Gasteiger charge is 2.22. The summed E-state index contributed by atoms with van der Waals surface area (Å²) in [4.78, 5) is 12.6. The number of fused-ring (bicyclic) bond motifs is 1. The second kappa shape index (κ2) is 8.30. The van der Waals surface area contributed by atoms with Gasteiger partial charge < -0.3 is 19.5 Å². The first-order valence-electron chi connectivity index (χ1n) is 9.44. The van der Waals surface area contributed by atoms with Crippen LogP contribution in [-0.4, -0.2) is 46.8 Å². The van der Waals surface area contributed by atoms with E-state index < -0.39 is 10.0 Å². The number of rotatable bonds is 6. The summed E-state index contributed by atoms with van der Waals surface area (Å²) in [5.74, 6) is 0.520. The van der Waals surface area contributed by atoms with Crippen molar-refractivity contribution in [1.29, 1.82) is 0 Å². The number of nitrogens with one attached hydrogen (secondary N) is 2. The Kier molecular flexibility index (Phi) is 5.59. The van der Waals surface area contributed by atoms with Gasteiger partial charge in [0.25, 0.3) is 15.9 Å². The molecule has 2 N–H and O–H groups in total. The fourth-order valence-electron chi connectivity index (χ4n) is 3.27. The maximum atomic E-state index is 12.9. The summed E-state index contributed by atoms with van der Waals surface area (Å²) in [5, 5.41) is 2.81. The number of para-hydroxylation sites is 1. The van der Waals surface area contributed by atoms with Gasteiger partial charge >= 0.3 is 0 Å². The SMILES string of the molecule is O=C(NCC1CCCO1)c1ccccc1NS(=O)(=O)c1ccc2c(c1)OCCO2. The van der Waals surface area contributed by atoms with E-state index in [2.05, 4.69) is 10.0 Å². The van der Waals surface area contributed by atoms with Gasteiger partial charge in [-0.3, -0.25) is 9.52 Å². The molecule has 154 valence electrons. The van der Waals surface area contributed by atoms with Gasteiger partial charge in [0.05, 0.1) is 22.3 Å². The number of hydrogen-bond donors (Lipinski definition) is 2. The Morgan fingerprint density at radius 1 is 1.03 bits per heavy atom. The lowest BCUT2D eigenvalue weighted by atomic mass is 10.1. The first-order chi connectivity index (χ1) is 14.0. The summed E-state index contributed by atoms with van der Waals surface area (Å²) in [5.41, 5.74) is 0.443. The number of carbonyl (C=O) groups is 1. The molecule has 8 nitrogen and oxygen atoms in total. The number of amides is 1. The molecular weight excluding hydrogens is 396 g/mol. The molecule has 2 aromatic rings. The number of benzene rings is 2. The Hall–Kier alpha value is -2.78. The fraction of sp³-hybridized carbons (Fsp3) is 0.350. The van der Waals surface area contributed by atoms with Crippen molar-refractivity contribution >= 4 is 21.6 Å². The molecule has 1 atom stereocenters. The van der Waals surface area contributed by atoms with E-state index in [0.717, 1.165) is 12.8 Å². The molecular formula is C20H22N2O6S. The zero-order valence-corrected chi connectivity index (χ0v) is 16.5. The maximum absolute atomic E-state index is 12.9. The molecule has 1 unspecified atom stereocenters. The highest BCUT2D eigenvalue weighted by atomic mass is 32.2. The molecule has 4 rings (SSSR count). The van der Waals surface area contributed by atoms with E-state index in [0.29, 0.717) is 37.9 Å². The first-order valence-corrected chi connectivity index (χ1v) is 10.9. The van der Waals surface area contributed by atoms with Gasteiger partial charge in [-0.2, -0.15) is 0 Å². The van der Waals surface area contributed by atoms with Crippen molar-refractivity contribution in [2.24, 2.45) is 0 Å². The predicted octanol–water partition coefficient (Wildman–Crippen LogP) is 2.17. The molecule has 1 saturated heterocycles. The highest BCUT2D eigenvalue weighted by Crippen LogP contribution is 2.33. The Labute approximate surface area is 169 Å². The van der Waals surface area contributed by atoms with Gasteiger partial charge in [0.1, 0.15) is 13.2 Å². The molecule has 0 radical (unpaired) electrons. The monoisotopic (exact) mass is 418 g/mol. The Balaban J connectivity index is 1.52. The number of ether oxygens (including phenoxy) is 3. The summed E-state index contributed by atoms with van der Waals surface area (Å²) in [7, 11) is -3.92. The number of sulfonamides is 1. The third-order valence-electron chi connectivity index (χ3n) is 4.75. The highest BCUT2D eigenvalue weighted by molar-refractivity contribution is 7.92. The van der Waals surface area contributed by atoms with Gasteiger partial charge in [0.2, 0.25) is 0 Å². The van der Waals surface area contributed by atoms with Crippen LogP contribution in [0.3, 0.4) is 0 Å². The largest absolute Gasteiger partial charge is 0.486 e. The Bertz CT molecular complexity index is 1000. The van der Waals surface area contributed by atoms with Crippen molar-refractivity contribution < 1.29 is 27.4 Å². The molecule has 9 heteroatoms. The number of anilines is 1. The summed E-state index contributed by atoms with van der Waals surface area (Å²) < 4.78 is 44.6. The third-order valence-corrected chi connectivity index (χ3v) is 6.12. The molecule has 0 saturated carbocycles. The van der Waals surface area contributed by atoms with Gasteiger partial charge in [-0.05, 0) is 37.1 Å². The van der Waals surface area contributed by atoms with Crippen LogP contribution in [0.1, 0.15) is 23.2 Å². The second-order valence-corrected chi connectivity index (χ2v) is 8.48. The van der Waals surface area contributed by atoms with Crippen molar-refractivity contribution in [2.75, 3.05) is 31.1 Å². The van der Waals surface area contributed by atoms with Crippen molar-refractivity contribution in [1.82, 2.24) is 5.32 Å². The Morgan fingerprint density at radius 3 is 2.62 bits per heavy atom. The predicted molar refractivity (Wildman–Crippen MR) is 106 cm³/mol. The van der Waals surface area contributed by atoms with Gasteiger partial charge in [-0.25, -0.2) is 8.42 Å². The third kappa shape index (κ3) is 4.46. The van der Waals surface area contributed by atoms with Crippen molar-refractivity contribution in [3.63, 3.8) is 0 Å². The van der Waals surface area contributed by atoms with Gasteiger partial charge in [0.15, 0.2) is 11.5 Å². The van der Waals surface area contributed by atoms with Crippen LogP contribution in [0, 0.1) is 0 Å². The minimum atomic E-state index is -3.92. The second-order valence-electron chi connectivity index (χ2n) is 6.80. The summed E-state index contributed by atoms with van der Waals surface area (Å²) >= 11 is 0. The zero-order chi connectivity index (χ0) is 20.3. The van der Waals surface area contributed by atoms with Crippen molar-refractivity contribution in [3.05, 3.63) is 48.0 Å². The van der Waals surface area contributed by atoms with Crippen LogP contribution in [0.25, 0.3) is 0 Å². The lowest BCUT2D eigenvalue weighted by molar-refractivity contribution is 0.0858. The molecule has 0 spiro atoms. The van der Waals surface area contributed by atoms with Crippen molar-refractivity contribution in [2.45, 2.75) is 23.8 Å². The number of hydrogen-bond acceptors (Lipinski definition) is 6. The molecule has 1 amide bonds. The Morgan fingerprint density at radius 2 is 1.83 bits per heavy atom. The minimum absolute atomic E-state index is 0.000480. The van der Waals surface area contributed by atoms with Crippen LogP contribution in [0.2, 0.25) is 0 Å². The molecule has 2 aromatic carbocycles. The molecule has 2 heterocycles. The fourth-order valence-corrected chi connectivity index (χ4v) is 4.37. The molecule has 1 fully saturated rings. The van der Waals surface area contributed by atoms with E-state index >= 15 is 0 Å². The zero-order valence-electron chi connectivity index (χ0n) is 15.7. The van der Waals surface area contributed by atoms with E-state index in [4.69, 9.17) is 14.2 Å². The van der Waals surface area contributed by atoms with Gasteiger partial charge in [-0.15, -0.1) is 0 Å². The van der Waals surface area contributed by atoms with E-state index in [1.54, 1.807) is 30.3 Å². The molecule has 0 aliphatic carbocycles. The quantitative estimate of drug-likeness (QED) is 0.745. The van der Waals surface area contributed by atoms with Crippen LogP contribution >= 0.6 is 0 Å². The first kappa shape index (κ1) is 19.5. The average Bonchev–Trinajstić information content (AvgIpc) is 3.25. The van der Waals surface area contributed by atoms with E-state index in [9.17, 15) is 13.2 Å². The topological polar surface area (TPSA) is 103 Å². The summed E-state index contributed by atoms with van der Waals surface area (Å²) in [6, 6.07) is 10.9. The molecule has 29 heavy (non-hydrogen) atoms. The lowest BCUT2D eigenvalue weighted by Gasteiger charge is -2.19. The standard InChI is InChI=1S/C20H22N2O6S/c23-20(21-13-14-4-3-9-26-14)16-5-1-2-6-17(16)22-29(24,25)15-7-8-18-19(12-15)28-11-10-27-18/h1-2,5-8,12,14,22H,3-4,9-11,13H2,(H,21,23). The van der Waals surface area contributed by atoms with Gasteiger partial charge in [-0.1, -0.05) is 12.1 Å². The lowest BCUT2D eigenvalue weighted by Crippen LogP contribution is -2.32. The summed E-state index contributed by atoms with van der Waals surface area (Å²) in [6.07, 6.45) is 1.88. The molecule has 2 aliphatic heterocycles. The minimum Gasteiger partial charge on any atom is -0.486 e. The normalized spacial score (nSPS) is 18.3. The van der Waals surface area contributed by atoms with Crippen LogP contribution in [0.4, 0.5) is 5.69 Å². The number of carbonyl (C=O) groups excluding carboxylic acids is 1. The smallest absolute Gasteiger partial charge is 0.262 e. The van der Waals surface area contributed by atoms with Crippen LogP contribution < -0.4 is 19.5 Å². The maximum Gasteiger partial charge on any atom is 0.262 e. The van der Waals surface area contributed by atoms with Crippen molar-refractivity contribution in [3.8, 4) is 11.5 Å². The summed E-state index contributed by atoms with van der Waals surface area (Å²) in [6.45, 7) is 1.87. The molecule has 0 aromatic heterocycles. The van der Waals surface area contributed by atoms with Gasteiger partial charge in [0, 0.05) is 19.2 Å². The van der Waals surface area contributed by atoms with E-state index in [-0.39, 0.29) is 28.2 Å².